The molecule has 2 fully saturated rings. The standard InChI is InChI=1S/C14H27NO2S/c1-13(2,3)18(16,17)10-9-14(7-4-8-14)11-15-12-5-6-12/h12,15H,4-11H2,1-3H3. The summed E-state index contributed by atoms with van der Waals surface area (Å²) in [7, 11) is -2.96. The molecule has 0 aromatic heterocycles. The largest absolute Gasteiger partial charge is 0.313 e. The molecule has 2 aliphatic carbocycles. The Labute approximate surface area is 112 Å². The molecule has 106 valence electrons. The number of sulfone groups is 1. The number of hydrogen-bond donors (Lipinski definition) is 1. The molecule has 4 heteroatoms. The van der Waals surface area contributed by atoms with Crippen LogP contribution in [0.25, 0.3) is 0 Å². The zero-order valence-electron chi connectivity index (χ0n) is 12.0. The molecule has 0 heterocycles. The van der Waals surface area contributed by atoms with Gasteiger partial charge in [0.05, 0.1) is 10.5 Å². The van der Waals surface area contributed by atoms with Crippen LogP contribution in [0.1, 0.15) is 59.3 Å². The zero-order valence-corrected chi connectivity index (χ0v) is 12.8. The first kappa shape index (κ1) is 14.3. The lowest BCUT2D eigenvalue weighted by molar-refractivity contribution is 0.124. The Hall–Kier alpha value is -0.0900. The van der Waals surface area contributed by atoms with Crippen molar-refractivity contribution in [3.05, 3.63) is 0 Å². The summed E-state index contributed by atoms with van der Waals surface area (Å²) in [4.78, 5) is 0. The molecule has 0 aliphatic heterocycles. The van der Waals surface area contributed by atoms with Gasteiger partial charge in [-0.15, -0.1) is 0 Å². The van der Waals surface area contributed by atoms with Crippen molar-refractivity contribution in [3.8, 4) is 0 Å². The van der Waals surface area contributed by atoms with Gasteiger partial charge in [0.2, 0.25) is 0 Å². The van der Waals surface area contributed by atoms with Gasteiger partial charge in [-0.1, -0.05) is 6.42 Å². The van der Waals surface area contributed by atoms with Crippen molar-refractivity contribution < 1.29 is 8.42 Å². The molecule has 0 radical (unpaired) electrons. The first-order chi connectivity index (χ1) is 8.24. The van der Waals surface area contributed by atoms with E-state index in [1.807, 2.05) is 0 Å². The van der Waals surface area contributed by atoms with Crippen LogP contribution >= 0.6 is 0 Å². The second-order valence-corrected chi connectivity index (χ2v) is 10.1. The van der Waals surface area contributed by atoms with Crippen molar-refractivity contribution in [2.75, 3.05) is 12.3 Å². The van der Waals surface area contributed by atoms with Gasteiger partial charge in [-0.25, -0.2) is 8.42 Å². The molecule has 2 aliphatic rings. The summed E-state index contributed by atoms with van der Waals surface area (Å²) in [5.41, 5.74) is 0.279. The predicted molar refractivity (Wildman–Crippen MR) is 75.5 cm³/mol. The quantitative estimate of drug-likeness (QED) is 0.809. The molecule has 0 spiro atoms. The molecule has 0 aromatic rings. The van der Waals surface area contributed by atoms with Crippen LogP contribution in [0.5, 0.6) is 0 Å². The summed E-state index contributed by atoms with van der Waals surface area (Å²) in [6, 6.07) is 0.724. The summed E-state index contributed by atoms with van der Waals surface area (Å²) in [5, 5.41) is 3.58. The highest BCUT2D eigenvalue weighted by Crippen LogP contribution is 2.44. The Kier molecular flexibility index (Phi) is 3.81. The fourth-order valence-electron chi connectivity index (χ4n) is 2.50. The second kappa shape index (κ2) is 4.78. The molecule has 18 heavy (non-hydrogen) atoms. The summed E-state index contributed by atoms with van der Waals surface area (Å²) in [6.45, 7) is 6.44. The molecule has 0 unspecified atom stereocenters. The van der Waals surface area contributed by atoms with Crippen LogP contribution in [-0.4, -0.2) is 31.5 Å². The Morgan fingerprint density at radius 1 is 1.22 bits per heavy atom. The molecule has 3 nitrogen and oxygen atoms in total. The van der Waals surface area contributed by atoms with E-state index in [2.05, 4.69) is 5.32 Å². The normalized spacial score (nSPS) is 23.7. The Bertz CT molecular complexity index is 387. The molecular weight excluding hydrogens is 246 g/mol. The third-order valence-corrected chi connectivity index (χ3v) is 7.20. The minimum absolute atomic E-state index is 0.279. The van der Waals surface area contributed by atoms with E-state index >= 15 is 0 Å². The van der Waals surface area contributed by atoms with Crippen molar-refractivity contribution in [1.82, 2.24) is 5.32 Å². The van der Waals surface area contributed by atoms with Crippen LogP contribution in [0.3, 0.4) is 0 Å². The fraction of sp³-hybridized carbons (Fsp3) is 1.00. The summed E-state index contributed by atoms with van der Waals surface area (Å²) < 4.78 is 23.7. The van der Waals surface area contributed by atoms with Gasteiger partial charge in [-0.3, -0.25) is 0 Å². The highest BCUT2D eigenvalue weighted by Gasteiger charge is 2.40. The molecule has 2 saturated carbocycles. The van der Waals surface area contributed by atoms with Gasteiger partial charge < -0.3 is 5.32 Å². The van der Waals surface area contributed by atoms with E-state index in [1.54, 1.807) is 20.8 Å². The van der Waals surface area contributed by atoms with Crippen LogP contribution in [-0.2, 0) is 9.84 Å². The van der Waals surface area contributed by atoms with Crippen LogP contribution in [0, 0.1) is 5.41 Å². The Morgan fingerprint density at radius 2 is 1.83 bits per heavy atom. The van der Waals surface area contributed by atoms with E-state index in [0.717, 1.165) is 19.0 Å². The molecular formula is C14H27NO2S. The second-order valence-electron chi connectivity index (χ2n) is 7.19. The highest BCUT2D eigenvalue weighted by atomic mass is 32.2. The maximum absolute atomic E-state index is 12.2. The molecule has 0 aromatic carbocycles. The van der Waals surface area contributed by atoms with Gasteiger partial charge in [0.25, 0.3) is 0 Å². The van der Waals surface area contributed by atoms with Crippen molar-refractivity contribution in [1.29, 1.82) is 0 Å². The number of hydrogen-bond acceptors (Lipinski definition) is 3. The van der Waals surface area contributed by atoms with E-state index in [1.165, 1.54) is 32.1 Å². The maximum atomic E-state index is 12.2. The van der Waals surface area contributed by atoms with Gasteiger partial charge >= 0.3 is 0 Å². The number of rotatable bonds is 6. The maximum Gasteiger partial charge on any atom is 0.155 e. The summed E-state index contributed by atoms with van der Waals surface area (Å²) in [5.74, 6) is 0.350. The SMILES string of the molecule is CC(C)(C)S(=O)(=O)CCC1(CNC2CC2)CCC1. The monoisotopic (exact) mass is 273 g/mol. The van der Waals surface area contributed by atoms with Crippen LogP contribution in [0.4, 0.5) is 0 Å². The van der Waals surface area contributed by atoms with Crippen LogP contribution < -0.4 is 5.32 Å². The third-order valence-electron chi connectivity index (χ3n) is 4.59. The Balaban J connectivity index is 1.86. The first-order valence-corrected chi connectivity index (χ1v) is 8.85. The van der Waals surface area contributed by atoms with Gasteiger partial charge in [0.15, 0.2) is 9.84 Å². The minimum atomic E-state index is -2.96. The van der Waals surface area contributed by atoms with Crippen molar-refractivity contribution >= 4 is 9.84 Å². The van der Waals surface area contributed by atoms with E-state index in [0.29, 0.717) is 5.75 Å². The topological polar surface area (TPSA) is 46.2 Å². The van der Waals surface area contributed by atoms with Gasteiger partial charge in [-0.2, -0.15) is 0 Å². The molecule has 0 amide bonds. The predicted octanol–water partition coefficient (Wildman–Crippen LogP) is 2.51. The average molecular weight is 273 g/mol. The molecule has 0 saturated heterocycles. The van der Waals surface area contributed by atoms with E-state index < -0.39 is 14.6 Å². The Morgan fingerprint density at radius 3 is 2.22 bits per heavy atom. The van der Waals surface area contributed by atoms with Crippen molar-refractivity contribution in [2.24, 2.45) is 5.41 Å². The first-order valence-electron chi connectivity index (χ1n) is 7.20. The van der Waals surface area contributed by atoms with Crippen molar-refractivity contribution in [2.45, 2.75) is 70.1 Å². The van der Waals surface area contributed by atoms with E-state index in [-0.39, 0.29) is 5.41 Å². The van der Waals surface area contributed by atoms with Crippen LogP contribution in [0.2, 0.25) is 0 Å². The minimum Gasteiger partial charge on any atom is -0.313 e. The molecule has 1 N–H and O–H groups in total. The van der Waals surface area contributed by atoms with Gasteiger partial charge in [0.1, 0.15) is 0 Å². The van der Waals surface area contributed by atoms with Crippen molar-refractivity contribution in [3.63, 3.8) is 0 Å². The van der Waals surface area contributed by atoms with E-state index in [9.17, 15) is 8.42 Å². The summed E-state index contributed by atoms with van der Waals surface area (Å²) >= 11 is 0. The highest BCUT2D eigenvalue weighted by molar-refractivity contribution is 7.92. The van der Waals surface area contributed by atoms with E-state index in [4.69, 9.17) is 0 Å². The zero-order chi connectivity index (χ0) is 13.4. The fourth-order valence-corrected chi connectivity index (χ4v) is 3.81. The molecule has 0 bridgehead atoms. The smallest absolute Gasteiger partial charge is 0.155 e. The lowest BCUT2D eigenvalue weighted by Crippen LogP contribution is -2.43. The average Bonchev–Trinajstić information content (AvgIpc) is 2.97. The molecule has 0 atom stereocenters. The summed E-state index contributed by atoms with van der Waals surface area (Å²) in [6.07, 6.45) is 7.11. The lowest BCUT2D eigenvalue weighted by atomic mass is 9.67. The van der Waals surface area contributed by atoms with Crippen LogP contribution in [0.15, 0.2) is 0 Å². The van der Waals surface area contributed by atoms with Gasteiger partial charge in [0, 0.05) is 12.6 Å². The number of nitrogens with one attached hydrogen (secondary N) is 1. The van der Waals surface area contributed by atoms with Gasteiger partial charge in [-0.05, 0) is 58.3 Å². The molecule has 2 rings (SSSR count). The lowest BCUT2D eigenvalue weighted by Gasteiger charge is -2.43. The third kappa shape index (κ3) is 3.27.